The van der Waals surface area contributed by atoms with Gasteiger partial charge in [-0.3, -0.25) is 0 Å². The molecule has 3 rings (SSSR count). The average molecular weight is 274 g/mol. The van der Waals surface area contributed by atoms with Crippen molar-refractivity contribution in [1.29, 1.82) is 5.26 Å². The molecule has 0 aliphatic heterocycles. The van der Waals surface area contributed by atoms with E-state index in [2.05, 4.69) is 11.1 Å². The molecule has 0 bridgehead atoms. The summed E-state index contributed by atoms with van der Waals surface area (Å²) in [5, 5.41) is 10.4. The molecule has 21 heavy (non-hydrogen) atoms. The van der Waals surface area contributed by atoms with Crippen molar-refractivity contribution in [3.8, 4) is 6.07 Å². The molecule has 3 aromatic rings. The second-order valence-corrected chi connectivity index (χ2v) is 4.61. The van der Waals surface area contributed by atoms with Gasteiger partial charge >= 0.3 is 0 Å². The number of nitriles is 1. The molecule has 0 fully saturated rings. The molecule has 1 aromatic heterocycles. The summed E-state index contributed by atoms with van der Waals surface area (Å²) in [5.41, 5.74) is 2.67. The Hall–Kier alpha value is -2.99. The number of allylic oxidation sites excluding steroid dienone is 1. The normalized spacial score (nSPS) is 11.3. The topological polar surface area (TPSA) is 36.7 Å². The van der Waals surface area contributed by atoms with Gasteiger partial charge in [-0.25, -0.2) is 9.37 Å². The van der Waals surface area contributed by atoms with Crippen molar-refractivity contribution in [2.75, 3.05) is 0 Å². The highest BCUT2D eigenvalue weighted by molar-refractivity contribution is 5.90. The molecule has 1 heterocycles. The number of hydrogen-bond donors (Lipinski definition) is 0. The number of fused-ring (bicyclic) bond motifs is 1. The van der Waals surface area contributed by atoms with Crippen LogP contribution in [0.15, 0.2) is 60.7 Å². The van der Waals surface area contributed by atoms with Gasteiger partial charge in [0.2, 0.25) is 0 Å². The van der Waals surface area contributed by atoms with Crippen LogP contribution in [0, 0.1) is 17.1 Å². The molecule has 0 saturated carbocycles. The van der Waals surface area contributed by atoms with Crippen molar-refractivity contribution in [2.24, 2.45) is 0 Å². The van der Waals surface area contributed by atoms with Crippen LogP contribution in [-0.4, -0.2) is 4.98 Å². The Morgan fingerprint density at radius 2 is 1.76 bits per heavy atom. The highest BCUT2D eigenvalue weighted by atomic mass is 19.1. The Morgan fingerprint density at radius 3 is 2.52 bits per heavy atom. The summed E-state index contributed by atoms with van der Waals surface area (Å²) >= 11 is 0. The highest BCUT2D eigenvalue weighted by Gasteiger charge is 2.04. The summed E-state index contributed by atoms with van der Waals surface area (Å²) in [6.45, 7) is 0. The van der Waals surface area contributed by atoms with Crippen LogP contribution in [0.4, 0.5) is 4.39 Å². The molecule has 0 aliphatic rings. The van der Waals surface area contributed by atoms with Crippen molar-refractivity contribution in [1.82, 2.24) is 4.98 Å². The maximum atomic E-state index is 12.9. The predicted octanol–water partition coefficient (Wildman–Crippen LogP) is 4.44. The molecule has 0 aliphatic carbocycles. The summed E-state index contributed by atoms with van der Waals surface area (Å²) in [4.78, 5) is 4.50. The lowest BCUT2D eigenvalue weighted by Gasteiger charge is -2.02. The van der Waals surface area contributed by atoms with Crippen LogP contribution < -0.4 is 0 Å². The van der Waals surface area contributed by atoms with E-state index in [-0.39, 0.29) is 5.82 Å². The number of halogens is 1. The monoisotopic (exact) mass is 274 g/mol. The molecule has 0 atom stereocenters. The van der Waals surface area contributed by atoms with Crippen LogP contribution in [0.25, 0.3) is 22.6 Å². The second kappa shape index (κ2) is 5.56. The van der Waals surface area contributed by atoms with Gasteiger partial charge in [-0.05, 0) is 35.9 Å². The van der Waals surface area contributed by atoms with Gasteiger partial charge in [0.25, 0.3) is 0 Å². The molecule has 0 amide bonds. The van der Waals surface area contributed by atoms with E-state index in [0.29, 0.717) is 11.3 Å². The summed E-state index contributed by atoms with van der Waals surface area (Å²) in [5.74, 6) is -0.297. The lowest BCUT2D eigenvalue weighted by atomic mass is 10.1. The van der Waals surface area contributed by atoms with Crippen LogP contribution in [0.5, 0.6) is 0 Å². The number of benzene rings is 2. The number of nitrogens with zero attached hydrogens (tertiary/aromatic N) is 2. The minimum absolute atomic E-state index is 0.297. The minimum Gasteiger partial charge on any atom is -0.247 e. The number of para-hydroxylation sites is 1. The molecule has 0 saturated heterocycles. The minimum atomic E-state index is -0.297. The van der Waals surface area contributed by atoms with E-state index < -0.39 is 0 Å². The fraction of sp³-hybridized carbons (Fsp3) is 0. The number of hydrogen-bond acceptors (Lipinski definition) is 2. The third-order valence-electron chi connectivity index (χ3n) is 3.18. The zero-order valence-corrected chi connectivity index (χ0v) is 11.1. The van der Waals surface area contributed by atoms with Crippen LogP contribution in [0.1, 0.15) is 11.3 Å². The van der Waals surface area contributed by atoms with Gasteiger partial charge < -0.3 is 0 Å². The van der Waals surface area contributed by atoms with Gasteiger partial charge in [0.1, 0.15) is 11.9 Å². The first kappa shape index (κ1) is 13.0. The van der Waals surface area contributed by atoms with Crippen molar-refractivity contribution in [3.63, 3.8) is 0 Å². The zero-order chi connectivity index (χ0) is 14.7. The van der Waals surface area contributed by atoms with E-state index >= 15 is 0 Å². The smallest absolute Gasteiger partial charge is 0.123 e. The van der Waals surface area contributed by atoms with Crippen molar-refractivity contribution in [2.45, 2.75) is 0 Å². The summed E-state index contributed by atoms with van der Waals surface area (Å²) in [7, 11) is 0. The largest absolute Gasteiger partial charge is 0.247 e. The number of pyridine rings is 1. The third-order valence-corrected chi connectivity index (χ3v) is 3.18. The summed E-state index contributed by atoms with van der Waals surface area (Å²) < 4.78 is 12.9. The Kier molecular flexibility index (Phi) is 3.44. The van der Waals surface area contributed by atoms with Gasteiger partial charge in [0.15, 0.2) is 0 Å². The molecular weight excluding hydrogens is 263 g/mol. The number of rotatable bonds is 2. The summed E-state index contributed by atoms with van der Waals surface area (Å²) in [6.07, 6.45) is 1.70. The van der Waals surface area contributed by atoms with Gasteiger partial charge in [0, 0.05) is 5.39 Å². The fourth-order valence-electron chi connectivity index (χ4n) is 2.11. The molecule has 0 N–H and O–H groups in total. The maximum absolute atomic E-state index is 12.9. The molecule has 0 radical (unpaired) electrons. The van der Waals surface area contributed by atoms with E-state index in [4.69, 9.17) is 0 Å². The maximum Gasteiger partial charge on any atom is 0.123 e. The summed E-state index contributed by atoms with van der Waals surface area (Å²) in [6, 6.07) is 19.7. The Morgan fingerprint density at radius 1 is 1.00 bits per heavy atom. The average Bonchev–Trinajstić information content (AvgIpc) is 2.54. The zero-order valence-electron chi connectivity index (χ0n) is 11.1. The molecule has 2 aromatic carbocycles. The Balaban J connectivity index is 2.05. The van der Waals surface area contributed by atoms with Crippen molar-refractivity contribution < 1.29 is 4.39 Å². The van der Waals surface area contributed by atoms with Crippen LogP contribution in [0.2, 0.25) is 0 Å². The van der Waals surface area contributed by atoms with Crippen LogP contribution >= 0.6 is 0 Å². The van der Waals surface area contributed by atoms with E-state index in [1.807, 2.05) is 36.4 Å². The third kappa shape index (κ3) is 2.80. The molecule has 3 heteroatoms. The fourth-order valence-corrected chi connectivity index (χ4v) is 2.11. The first-order valence-electron chi connectivity index (χ1n) is 6.50. The SMILES string of the molecule is N#CC(=Cc1ccc(F)cc1)c1ccc2ccccc2n1. The van der Waals surface area contributed by atoms with E-state index in [1.165, 1.54) is 12.1 Å². The van der Waals surface area contributed by atoms with Gasteiger partial charge in [-0.1, -0.05) is 36.4 Å². The standard InChI is InChI=1S/C18H11FN2/c19-16-8-5-13(6-9-16)11-15(12-20)18-10-7-14-3-1-2-4-17(14)21-18/h1-11H. The molecular formula is C18H11FN2. The first-order chi connectivity index (χ1) is 10.3. The van der Waals surface area contributed by atoms with Crippen molar-refractivity contribution >= 4 is 22.6 Å². The molecule has 0 spiro atoms. The first-order valence-corrected chi connectivity index (χ1v) is 6.50. The molecule has 100 valence electrons. The van der Waals surface area contributed by atoms with Gasteiger partial charge in [-0.2, -0.15) is 5.26 Å². The Labute approximate surface area is 121 Å². The molecule has 2 nitrogen and oxygen atoms in total. The predicted molar refractivity (Wildman–Crippen MR) is 81.6 cm³/mol. The number of aromatic nitrogens is 1. The lowest BCUT2D eigenvalue weighted by Crippen LogP contribution is -1.88. The highest BCUT2D eigenvalue weighted by Crippen LogP contribution is 2.19. The van der Waals surface area contributed by atoms with E-state index in [1.54, 1.807) is 18.2 Å². The lowest BCUT2D eigenvalue weighted by molar-refractivity contribution is 0.628. The van der Waals surface area contributed by atoms with Crippen LogP contribution in [0.3, 0.4) is 0 Å². The Bertz CT molecular complexity index is 858. The van der Waals surface area contributed by atoms with E-state index in [9.17, 15) is 9.65 Å². The van der Waals surface area contributed by atoms with Gasteiger partial charge in [-0.15, -0.1) is 0 Å². The van der Waals surface area contributed by atoms with E-state index in [0.717, 1.165) is 16.5 Å². The molecule has 0 unspecified atom stereocenters. The van der Waals surface area contributed by atoms with Crippen LogP contribution in [-0.2, 0) is 0 Å². The van der Waals surface area contributed by atoms with Crippen molar-refractivity contribution in [3.05, 3.63) is 77.7 Å². The second-order valence-electron chi connectivity index (χ2n) is 4.61. The quantitative estimate of drug-likeness (QED) is 0.648. The van der Waals surface area contributed by atoms with Gasteiger partial charge in [0.05, 0.1) is 16.8 Å².